The van der Waals surface area contributed by atoms with Crippen LogP contribution in [0.5, 0.6) is 0 Å². The third-order valence-electron chi connectivity index (χ3n) is 3.62. The van der Waals surface area contributed by atoms with Crippen molar-refractivity contribution in [1.29, 1.82) is 0 Å². The molecule has 1 unspecified atom stereocenters. The summed E-state index contributed by atoms with van der Waals surface area (Å²) in [5, 5.41) is 1.48. The van der Waals surface area contributed by atoms with Gasteiger partial charge >= 0.3 is 0 Å². The van der Waals surface area contributed by atoms with Gasteiger partial charge in [0.2, 0.25) is 0 Å². The van der Waals surface area contributed by atoms with E-state index in [2.05, 4.69) is 31.2 Å². The van der Waals surface area contributed by atoms with Crippen molar-refractivity contribution in [2.75, 3.05) is 6.54 Å². The number of benzene rings is 2. The Bertz CT molecular complexity index is 581. The maximum Gasteiger partial charge on any atom is 0.0439 e. The lowest BCUT2D eigenvalue weighted by Gasteiger charge is -2.17. The Morgan fingerprint density at radius 3 is 2.40 bits per heavy atom. The highest BCUT2D eigenvalue weighted by Gasteiger charge is 2.12. The molecular weight excluding hydrogens is 289 g/mol. The smallest absolute Gasteiger partial charge is 0.0439 e. The predicted octanol–water partition coefficient (Wildman–Crippen LogP) is 4.66. The van der Waals surface area contributed by atoms with E-state index in [4.69, 9.17) is 28.9 Å². The highest BCUT2D eigenvalue weighted by Crippen LogP contribution is 2.25. The molecule has 2 N–H and O–H groups in total. The van der Waals surface area contributed by atoms with Gasteiger partial charge in [-0.05, 0) is 67.1 Å². The average molecular weight is 308 g/mol. The molecule has 0 aliphatic heterocycles. The van der Waals surface area contributed by atoms with E-state index < -0.39 is 0 Å². The van der Waals surface area contributed by atoms with Crippen LogP contribution in [0.25, 0.3) is 0 Å². The van der Waals surface area contributed by atoms with Crippen LogP contribution in [0.15, 0.2) is 42.5 Å². The summed E-state index contributed by atoms with van der Waals surface area (Å²) >= 11 is 12.3. The van der Waals surface area contributed by atoms with Gasteiger partial charge in [-0.3, -0.25) is 0 Å². The highest BCUT2D eigenvalue weighted by atomic mass is 35.5. The highest BCUT2D eigenvalue weighted by molar-refractivity contribution is 6.33. The second kappa shape index (κ2) is 7.12. The number of halogens is 2. The van der Waals surface area contributed by atoms with Crippen molar-refractivity contribution < 1.29 is 0 Å². The molecule has 0 saturated carbocycles. The molecule has 0 heterocycles. The van der Waals surface area contributed by atoms with E-state index in [1.54, 1.807) is 0 Å². The zero-order valence-electron chi connectivity index (χ0n) is 11.6. The molecule has 0 aliphatic carbocycles. The van der Waals surface area contributed by atoms with Crippen molar-refractivity contribution in [3.8, 4) is 0 Å². The van der Waals surface area contributed by atoms with Crippen molar-refractivity contribution in [3.63, 3.8) is 0 Å². The molecule has 106 valence electrons. The fourth-order valence-electron chi connectivity index (χ4n) is 2.40. The lowest BCUT2D eigenvalue weighted by atomic mass is 9.91. The molecule has 0 aliphatic rings. The number of aryl methyl sites for hydroxylation is 1. The van der Waals surface area contributed by atoms with E-state index in [1.807, 2.05) is 18.2 Å². The minimum Gasteiger partial charge on any atom is -0.330 e. The standard InChI is InChI=1S/C17H19Cl2N/c1-12-4-2-3-5-14(12)8-13(11-20)9-15-10-16(18)6-7-17(15)19/h2-7,10,13H,8-9,11,20H2,1H3. The minimum absolute atomic E-state index is 0.368. The van der Waals surface area contributed by atoms with Crippen molar-refractivity contribution >= 4 is 23.2 Å². The van der Waals surface area contributed by atoms with Crippen LogP contribution in [-0.4, -0.2) is 6.54 Å². The van der Waals surface area contributed by atoms with Crippen LogP contribution in [0.4, 0.5) is 0 Å². The first-order valence-corrected chi connectivity index (χ1v) is 7.54. The van der Waals surface area contributed by atoms with Crippen molar-refractivity contribution in [2.45, 2.75) is 19.8 Å². The number of hydrogen-bond acceptors (Lipinski definition) is 1. The lowest BCUT2D eigenvalue weighted by molar-refractivity contribution is 0.532. The summed E-state index contributed by atoms with van der Waals surface area (Å²) in [7, 11) is 0. The Kier molecular flexibility index (Phi) is 5.47. The number of hydrogen-bond donors (Lipinski definition) is 1. The van der Waals surface area contributed by atoms with E-state index in [9.17, 15) is 0 Å². The Balaban J connectivity index is 2.13. The molecule has 0 spiro atoms. The second-order valence-corrected chi connectivity index (χ2v) is 6.02. The zero-order chi connectivity index (χ0) is 14.5. The van der Waals surface area contributed by atoms with Gasteiger partial charge in [0.1, 0.15) is 0 Å². The summed E-state index contributed by atoms with van der Waals surface area (Å²) in [6.07, 6.45) is 1.82. The zero-order valence-corrected chi connectivity index (χ0v) is 13.1. The van der Waals surface area contributed by atoms with Gasteiger partial charge in [0, 0.05) is 10.0 Å². The van der Waals surface area contributed by atoms with Crippen molar-refractivity contribution in [1.82, 2.24) is 0 Å². The normalized spacial score (nSPS) is 12.4. The summed E-state index contributed by atoms with van der Waals surface area (Å²) < 4.78 is 0. The molecule has 1 nitrogen and oxygen atoms in total. The van der Waals surface area contributed by atoms with Crippen molar-refractivity contribution in [2.24, 2.45) is 11.7 Å². The van der Waals surface area contributed by atoms with Gasteiger partial charge in [0.25, 0.3) is 0 Å². The van der Waals surface area contributed by atoms with E-state index in [-0.39, 0.29) is 0 Å². The molecule has 0 fully saturated rings. The van der Waals surface area contributed by atoms with Gasteiger partial charge < -0.3 is 5.73 Å². The predicted molar refractivity (Wildman–Crippen MR) is 87.6 cm³/mol. The summed E-state index contributed by atoms with van der Waals surface area (Å²) in [4.78, 5) is 0. The first-order valence-electron chi connectivity index (χ1n) is 6.78. The minimum atomic E-state index is 0.368. The maximum absolute atomic E-state index is 6.23. The third kappa shape index (κ3) is 3.99. The molecule has 0 bridgehead atoms. The SMILES string of the molecule is Cc1ccccc1CC(CN)Cc1cc(Cl)ccc1Cl. The van der Waals surface area contributed by atoms with E-state index >= 15 is 0 Å². The first kappa shape index (κ1) is 15.4. The monoisotopic (exact) mass is 307 g/mol. The molecule has 2 rings (SSSR count). The van der Waals surface area contributed by atoms with Gasteiger partial charge in [0.15, 0.2) is 0 Å². The quantitative estimate of drug-likeness (QED) is 0.854. The van der Waals surface area contributed by atoms with E-state index in [0.717, 1.165) is 28.5 Å². The van der Waals surface area contributed by atoms with Crippen molar-refractivity contribution in [3.05, 3.63) is 69.2 Å². The topological polar surface area (TPSA) is 26.0 Å². The maximum atomic E-state index is 6.23. The second-order valence-electron chi connectivity index (χ2n) is 5.17. The van der Waals surface area contributed by atoms with Gasteiger partial charge in [-0.25, -0.2) is 0 Å². The molecule has 0 amide bonds. The first-order chi connectivity index (χ1) is 9.60. The van der Waals surface area contributed by atoms with E-state index in [1.165, 1.54) is 11.1 Å². The molecule has 20 heavy (non-hydrogen) atoms. The van der Waals surface area contributed by atoms with Crippen LogP contribution in [0, 0.1) is 12.8 Å². The van der Waals surface area contributed by atoms with Crippen LogP contribution in [-0.2, 0) is 12.8 Å². The molecule has 0 radical (unpaired) electrons. The Morgan fingerprint density at radius 1 is 1.00 bits per heavy atom. The Labute approximate surface area is 130 Å². The van der Waals surface area contributed by atoms with Crippen LogP contribution in [0.1, 0.15) is 16.7 Å². The van der Waals surface area contributed by atoms with Gasteiger partial charge in [-0.2, -0.15) is 0 Å². The van der Waals surface area contributed by atoms with Gasteiger partial charge in [0.05, 0.1) is 0 Å². The lowest BCUT2D eigenvalue weighted by Crippen LogP contribution is -2.20. The van der Waals surface area contributed by atoms with Crippen LogP contribution >= 0.6 is 23.2 Å². The Hall–Kier alpha value is -1.02. The fraction of sp³-hybridized carbons (Fsp3) is 0.294. The summed E-state index contributed by atoms with van der Waals surface area (Å²) in [6.45, 7) is 2.77. The molecular formula is C17H19Cl2N. The van der Waals surface area contributed by atoms with Gasteiger partial charge in [-0.15, -0.1) is 0 Å². The van der Waals surface area contributed by atoms with Gasteiger partial charge in [-0.1, -0.05) is 47.5 Å². The van der Waals surface area contributed by atoms with E-state index in [0.29, 0.717) is 12.5 Å². The molecule has 3 heteroatoms. The van der Waals surface area contributed by atoms with Crippen LogP contribution in [0.2, 0.25) is 10.0 Å². The summed E-state index contributed by atoms with van der Waals surface area (Å²) in [5.74, 6) is 0.368. The molecule has 1 atom stereocenters. The summed E-state index contributed by atoms with van der Waals surface area (Å²) in [6, 6.07) is 14.0. The number of nitrogens with two attached hydrogens (primary N) is 1. The molecule has 0 aromatic heterocycles. The summed E-state index contributed by atoms with van der Waals surface area (Å²) in [5.41, 5.74) is 9.66. The third-order valence-corrected chi connectivity index (χ3v) is 4.22. The fourth-order valence-corrected chi connectivity index (χ4v) is 2.79. The number of rotatable bonds is 5. The van der Waals surface area contributed by atoms with Crippen LogP contribution in [0.3, 0.4) is 0 Å². The molecule has 2 aromatic rings. The molecule has 2 aromatic carbocycles. The average Bonchev–Trinajstić information content (AvgIpc) is 2.44. The molecule has 0 saturated heterocycles. The largest absolute Gasteiger partial charge is 0.330 e. The van der Waals surface area contributed by atoms with Crippen LogP contribution < -0.4 is 5.73 Å². The Morgan fingerprint density at radius 2 is 1.70 bits per heavy atom.